The zero-order valence-electron chi connectivity index (χ0n) is 9.09. The topological polar surface area (TPSA) is 9.23 Å². The quantitative estimate of drug-likeness (QED) is 0.710. The monoisotopic (exact) mass is 288 g/mol. The molecule has 2 aromatic carbocycles. The highest BCUT2D eigenvalue weighted by atomic mass is 35.5. The first-order valence-corrected chi connectivity index (χ1v) is 5.99. The van der Waals surface area contributed by atoms with Crippen molar-refractivity contribution in [2.75, 3.05) is 0 Å². The first-order valence-electron chi connectivity index (χ1n) is 5.08. The highest BCUT2D eigenvalue weighted by Gasteiger charge is 2.11. The van der Waals surface area contributed by atoms with E-state index in [1.54, 1.807) is 18.2 Å². The average molecular weight is 289 g/mol. The van der Waals surface area contributed by atoms with Crippen LogP contribution in [0.1, 0.15) is 5.56 Å². The molecule has 0 atom stereocenters. The van der Waals surface area contributed by atoms with Crippen LogP contribution in [0.5, 0.6) is 11.5 Å². The number of benzene rings is 2. The molecule has 18 heavy (non-hydrogen) atoms. The van der Waals surface area contributed by atoms with Crippen LogP contribution in [0.2, 0.25) is 5.02 Å². The third kappa shape index (κ3) is 2.74. The predicted octanol–water partition coefficient (Wildman–Crippen LogP) is 5.15. The summed E-state index contributed by atoms with van der Waals surface area (Å²) in [6.07, 6.45) is 0. The van der Waals surface area contributed by atoms with Gasteiger partial charge < -0.3 is 4.74 Å². The molecule has 5 heteroatoms. The second-order valence-electron chi connectivity index (χ2n) is 3.53. The summed E-state index contributed by atoms with van der Waals surface area (Å²) in [5, 5.41) is 0.435. The van der Waals surface area contributed by atoms with Gasteiger partial charge in [0.1, 0.15) is 11.6 Å². The molecule has 0 fully saturated rings. The summed E-state index contributed by atoms with van der Waals surface area (Å²) in [7, 11) is 0. The highest BCUT2D eigenvalue weighted by molar-refractivity contribution is 6.32. The molecule has 0 heterocycles. The summed E-state index contributed by atoms with van der Waals surface area (Å²) in [4.78, 5) is 0. The molecule has 94 valence electrons. The van der Waals surface area contributed by atoms with Crippen LogP contribution in [0.25, 0.3) is 0 Å². The van der Waals surface area contributed by atoms with Gasteiger partial charge in [0.25, 0.3) is 0 Å². The van der Waals surface area contributed by atoms with Gasteiger partial charge in [-0.2, -0.15) is 0 Å². The van der Waals surface area contributed by atoms with Crippen LogP contribution in [0.15, 0.2) is 36.4 Å². The van der Waals surface area contributed by atoms with Crippen LogP contribution in [0, 0.1) is 11.6 Å². The number of alkyl halides is 1. The number of hydrogen-bond donors (Lipinski definition) is 0. The molecule has 0 saturated heterocycles. The van der Waals surface area contributed by atoms with Gasteiger partial charge in [0.2, 0.25) is 0 Å². The minimum absolute atomic E-state index is 0.0787. The summed E-state index contributed by atoms with van der Waals surface area (Å²) in [6, 6.07) is 8.02. The lowest BCUT2D eigenvalue weighted by Crippen LogP contribution is -1.93. The Morgan fingerprint density at radius 2 is 1.83 bits per heavy atom. The molecule has 0 aliphatic carbocycles. The first-order chi connectivity index (χ1) is 8.61. The maximum Gasteiger partial charge on any atom is 0.168 e. The fourth-order valence-electron chi connectivity index (χ4n) is 1.44. The average Bonchev–Trinajstić information content (AvgIpc) is 2.33. The minimum Gasteiger partial charge on any atom is -0.454 e. The second kappa shape index (κ2) is 5.55. The van der Waals surface area contributed by atoms with Crippen LogP contribution >= 0.6 is 23.2 Å². The van der Waals surface area contributed by atoms with Gasteiger partial charge in [0, 0.05) is 16.7 Å². The molecule has 0 aliphatic heterocycles. The van der Waals surface area contributed by atoms with E-state index in [0.717, 1.165) is 12.1 Å². The summed E-state index contributed by atoms with van der Waals surface area (Å²) < 4.78 is 31.6. The first kappa shape index (κ1) is 13.1. The Labute approximate surface area is 113 Å². The van der Waals surface area contributed by atoms with Crippen molar-refractivity contribution >= 4 is 23.2 Å². The Bertz CT molecular complexity index is 573. The molecular formula is C13H8Cl2F2O. The van der Waals surface area contributed by atoms with Crippen molar-refractivity contribution in [3.63, 3.8) is 0 Å². The molecule has 0 aliphatic rings. The zero-order chi connectivity index (χ0) is 13.1. The predicted molar refractivity (Wildman–Crippen MR) is 67.4 cm³/mol. The van der Waals surface area contributed by atoms with Crippen molar-refractivity contribution in [2.24, 2.45) is 0 Å². The van der Waals surface area contributed by atoms with E-state index >= 15 is 0 Å². The van der Waals surface area contributed by atoms with Crippen molar-refractivity contribution in [2.45, 2.75) is 5.88 Å². The molecule has 0 bridgehead atoms. The maximum atomic E-state index is 13.4. The van der Waals surface area contributed by atoms with E-state index in [2.05, 4.69) is 0 Å². The van der Waals surface area contributed by atoms with Crippen molar-refractivity contribution in [3.05, 3.63) is 58.6 Å². The van der Waals surface area contributed by atoms with Gasteiger partial charge in [0.05, 0.1) is 5.88 Å². The number of rotatable bonds is 3. The van der Waals surface area contributed by atoms with E-state index < -0.39 is 11.6 Å². The van der Waals surface area contributed by atoms with E-state index in [1.807, 2.05) is 0 Å². The van der Waals surface area contributed by atoms with Crippen molar-refractivity contribution in [3.8, 4) is 11.5 Å². The van der Waals surface area contributed by atoms with Crippen LogP contribution in [0.4, 0.5) is 8.78 Å². The number of hydrogen-bond acceptors (Lipinski definition) is 1. The molecule has 0 unspecified atom stereocenters. The molecule has 0 saturated carbocycles. The Balaban J connectivity index is 2.37. The lowest BCUT2D eigenvalue weighted by atomic mass is 10.2. The van der Waals surface area contributed by atoms with E-state index in [1.165, 1.54) is 6.07 Å². The summed E-state index contributed by atoms with van der Waals surface area (Å²) in [5.41, 5.74) is 0.560. The largest absolute Gasteiger partial charge is 0.454 e. The smallest absolute Gasteiger partial charge is 0.168 e. The lowest BCUT2D eigenvalue weighted by Gasteiger charge is -2.11. The zero-order valence-corrected chi connectivity index (χ0v) is 10.6. The molecule has 2 aromatic rings. The summed E-state index contributed by atoms with van der Waals surface area (Å²) >= 11 is 11.7. The third-order valence-corrected chi connectivity index (χ3v) is 2.94. The van der Waals surface area contributed by atoms with E-state index in [-0.39, 0.29) is 11.6 Å². The van der Waals surface area contributed by atoms with Crippen molar-refractivity contribution in [1.82, 2.24) is 0 Å². The fourth-order valence-corrected chi connectivity index (χ4v) is 2.02. The Morgan fingerprint density at radius 1 is 1.06 bits per heavy atom. The summed E-state index contributed by atoms with van der Waals surface area (Å²) in [5.74, 6) is -1.04. The van der Waals surface area contributed by atoms with E-state index in [9.17, 15) is 8.78 Å². The molecule has 0 radical (unpaired) electrons. The molecular weight excluding hydrogens is 281 g/mol. The fraction of sp³-hybridized carbons (Fsp3) is 0.0769. The molecule has 2 rings (SSSR count). The molecule has 0 amide bonds. The minimum atomic E-state index is -0.782. The SMILES string of the molecule is Fc1ccc(Oc2cccc(Cl)c2CCl)c(F)c1. The third-order valence-electron chi connectivity index (χ3n) is 2.32. The Morgan fingerprint density at radius 3 is 2.50 bits per heavy atom. The van der Waals surface area contributed by atoms with Gasteiger partial charge in [0.15, 0.2) is 11.6 Å². The molecule has 0 spiro atoms. The van der Waals surface area contributed by atoms with Crippen LogP contribution in [-0.2, 0) is 5.88 Å². The van der Waals surface area contributed by atoms with Gasteiger partial charge in [-0.1, -0.05) is 17.7 Å². The van der Waals surface area contributed by atoms with Crippen molar-refractivity contribution < 1.29 is 13.5 Å². The standard InChI is InChI=1S/C13H8Cl2F2O/c14-7-9-10(15)2-1-3-12(9)18-13-5-4-8(16)6-11(13)17/h1-6H,7H2. The van der Waals surface area contributed by atoms with Gasteiger partial charge >= 0.3 is 0 Å². The van der Waals surface area contributed by atoms with E-state index in [4.69, 9.17) is 27.9 Å². The second-order valence-corrected chi connectivity index (χ2v) is 4.20. The van der Waals surface area contributed by atoms with E-state index in [0.29, 0.717) is 16.3 Å². The maximum absolute atomic E-state index is 13.4. The Hall–Kier alpha value is -1.32. The summed E-state index contributed by atoms with van der Waals surface area (Å²) in [6.45, 7) is 0. The van der Waals surface area contributed by atoms with Gasteiger partial charge in [-0.05, 0) is 24.3 Å². The number of ether oxygens (including phenoxy) is 1. The molecule has 0 aromatic heterocycles. The van der Waals surface area contributed by atoms with Gasteiger partial charge in [-0.3, -0.25) is 0 Å². The van der Waals surface area contributed by atoms with Crippen molar-refractivity contribution in [1.29, 1.82) is 0 Å². The molecule has 0 N–H and O–H groups in total. The highest BCUT2D eigenvalue weighted by Crippen LogP contribution is 2.32. The van der Waals surface area contributed by atoms with Crippen LogP contribution in [0.3, 0.4) is 0 Å². The van der Waals surface area contributed by atoms with Gasteiger partial charge in [-0.15, -0.1) is 11.6 Å². The molecule has 1 nitrogen and oxygen atoms in total. The van der Waals surface area contributed by atoms with Crippen LogP contribution < -0.4 is 4.74 Å². The van der Waals surface area contributed by atoms with Crippen LogP contribution in [-0.4, -0.2) is 0 Å². The Kier molecular flexibility index (Phi) is 4.04. The lowest BCUT2D eigenvalue weighted by molar-refractivity contribution is 0.435. The van der Waals surface area contributed by atoms with Gasteiger partial charge in [-0.25, -0.2) is 8.78 Å². The normalized spacial score (nSPS) is 10.4. The number of halogens is 4.